The first-order chi connectivity index (χ1) is 25.0. The van der Waals surface area contributed by atoms with E-state index >= 15 is 0 Å². The molecule has 0 saturated heterocycles. The molecule has 0 spiro atoms. The van der Waals surface area contributed by atoms with Crippen molar-refractivity contribution in [1.29, 1.82) is 0 Å². The lowest BCUT2D eigenvalue weighted by molar-refractivity contribution is -0.115. The number of aldehydes is 1. The molecule has 1 saturated carbocycles. The summed E-state index contributed by atoms with van der Waals surface area (Å²) in [6.07, 6.45) is 10.6. The van der Waals surface area contributed by atoms with Crippen molar-refractivity contribution in [3.63, 3.8) is 0 Å². The van der Waals surface area contributed by atoms with Crippen molar-refractivity contribution < 1.29 is 32.8 Å². The highest BCUT2D eigenvalue weighted by molar-refractivity contribution is 7.92. The summed E-state index contributed by atoms with van der Waals surface area (Å²) in [5, 5.41) is 0.688. The third kappa shape index (κ3) is 9.81. The van der Waals surface area contributed by atoms with Gasteiger partial charge in [-0.15, -0.1) is 4.36 Å². The SMILES string of the molecule is CN=CC(C(=O)NS1(=O)=NC(=O)c2ccc3c(c2)N(Cc2ccc(Cl)cc2CCCCO3)C[C@@H]2CC[C@H]2C/C=C/[C@H](OCC=O)[C@H](C)C1)=C(N)OC. The first-order valence-corrected chi connectivity index (χ1v) is 19.7. The van der Waals surface area contributed by atoms with Gasteiger partial charge in [-0.05, 0) is 91.8 Å². The molecule has 2 aromatic carbocycles. The molecule has 14 heteroatoms. The third-order valence-electron chi connectivity index (χ3n) is 9.85. The predicted octanol–water partition coefficient (Wildman–Crippen LogP) is 5.42. The topological polar surface area (TPSA) is 162 Å². The summed E-state index contributed by atoms with van der Waals surface area (Å²) in [4.78, 5) is 45.0. The number of nitrogens with two attached hydrogens (primary N) is 1. The highest BCUT2D eigenvalue weighted by Crippen LogP contribution is 2.41. The van der Waals surface area contributed by atoms with Gasteiger partial charge in [-0.3, -0.25) is 19.3 Å². The molecule has 1 fully saturated rings. The molecule has 2 bridgehead atoms. The second kappa shape index (κ2) is 18.0. The Labute approximate surface area is 311 Å². The minimum absolute atomic E-state index is 0.182. The van der Waals surface area contributed by atoms with Gasteiger partial charge in [-0.2, -0.15) is 0 Å². The lowest BCUT2D eigenvalue weighted by Gasteiger charge is -2.41. The van der Waals surface area contributed by atoms with E-state index < -0.39 is 33.8 Å². The summed E-state index contributed by atoms with van der Waals surface area (Å²) in [7, 11) is -1.10. The summed E-state index contributed by atoms with van der Waals surface area (Å²) in [5.74, 6) is -1.31. The molecule has 0 radical (unpaired) electrons. The Kier molecular flexibility index (Phi) is 13.5. The van der Waals surface area contributed by atoms with Crippen LogP contribution in [-0.2, 0) is 41.9 Å². The van der Waals surface area contributed by atoms with E-state index in [0.29, 0.717) is 42.0 Å². The molecule has 2 aliphatic heterocycles. The lowest BCUT2D eigenvalue weighted by atomic mass is 9.71. The minimum atomic E-state index is -3.83. The van der Waals surface area contributed by atoms with Crippen molar-refractivity contribution in [2.45, 2.75) is 58.1 Å². The molecule has 0 aromatic heterocycles. The summed E-state index contributed by atoms with van der Waals surface area (Å²) in [6, 6.07) is 11.1. The monoisotopic (exact) mass is 753 g/mol. The number of aliphatic imine (C=N–C) groups is 1. The second-order valence-corrected chi connectivity index (χ2v) is 15.9. The fourth-order valence-electron chi connectivity index (χ4n) is 6.89. The van der Waals surface area contributed by atoms with Crippen LogP contribution in [0.5, 0.6) is 5.75 Å². The molecule has 5 rings (SSSR count). The van der Waals surface area contributed by atoms with Gasteiger partial charge in [0.05, 0.1) is 31.3 Å². The average molecular weight is 754 g/mol. The van der Waals surface area contributed by atoms with Crippen LogP contribution in [0.15, 0.2) is 69.4 Å². The number of anilines is 1. The number of ether oxygens (including phenoxy) is 3. The lowest BCUT2D eigenvalue weighted by Crippen LogP contribution is -2.39. The van der Waals surface area contributed by atoms with Gasteiger partial charge in [0.25, 0.3) is 11.8 Å². The molecular formula is C38H48ClN5O7S. The predicted molar refractivity (Wildman–Crippen MR) is 203 cm³/mol. The largest absolute Gasteiger partial charge is 0.491 e. The van der Waals surface area contributed by atoms with E-state index in [1.807, 2.05) is 18.2 Å². The maximum absolute atomic E-state index is 14.7. The van der Waals surface area contributed by atoms with Crippen LogP contribution in [0.3, 0.4) is 0 Å². The van der Waals surface area contributed by atoms with Crippen LogP contribution in [0.1, 0.15) is 60.5 Å². The average Bonchev–Trinajstić information content (AvgIpc) is 3.13. The number of nitrogens with zero attached hydrogens (tertiary/aromatic N) is 3. The number of benzene rings is 2. The Morgan fingerprint density at radius 2 is 2.00 bits per heavy atom. The zero-order valence-electron chi connectivity index (χ0n) is 29.9. The van der Waals surface area contributed by atoms with Crippen molar-refractivity contribution in [3.05, 3.63) is 81.7 Å². The molecule has 2 heterocycles. The van der Waals surface area contributed by atoms with Crippen LogP contribution in [0.4, 0.5) is 5.69 Å². The van der Waals surface area contributed by atoms with Gasteiger partial charge < -0.3 is 29.6 Å². The Morgan fingerprint density at radius 3 is 2.73 bits per heavy atom. The molecule has 2 amide bonds. The molecule has 12 nitrogen and oxygen atoms in total. The molecule has 3 aliphatic rings. The quantitative estimate of drug-likeness (QED) is 0.124. The zero-order valence-corrected chi connectivity index (χ0v) is 31.5. The summed E-state index contributed by atoms with van der Waals surface area (Å²) < 4.78 is 38.6. The maximum atomic E-state index is 14.7. The van der Waals surface area contributed by atoms with E-state index in [0.717, 1.165) is 56.3 Å². The number of hydrogen-bond donors (Lipinski definition) is 2. The van der Waals surface area contributed by atoms with Gasteiger partial charge in [0.1, 0.15) is 34.1 Å². The minimum Gasteiger partial charge on any atom is -0.491 e. The third-order valence-corrected chi connectivity index (χ3v) is 12.0. The first kappa shape index (κ1) is 39.0. The van der Waals surface area contributed by atoms with E-state index in [2.05, 4.69) is 31.1 Å². The Morgan fingerprint density at radius 1 is 1.19 bits per heavy atom. The molecule has 2 aromatic rings. The van der Waals surface area contributed by atoms with Gasteiger partial charge in [0, 0.05) is 42.9 Å². The number of carbonyl (C=O) groups is 3. The standard InChI is InChI=1S/C38H48ClN5O7S/c1-25-24-52(48,43-38(47)32(21-41-2)36(40)49-3)42-37(46)28-13-15-35-33(20-28)44(22-29-11-10-26(29)8-6-9-34(25)51-18-16-45)23-30-12-14-31(39)19-27(30)7-4-5-17-50-35/h6,9,12-16,19-21,25-26,29,34H,4-5,7-8,10-11,17-18,22-24,40H2,1-3H3,(H,42,43,46,47,48)/b9-6+,36-32?,41-21?/t25-,26-,29+,34+,52?/m1/s1. The van der Waals surface area contributed by atoms with Crippen molar-refractivity contribution in [1.82, 2.24) is 4.72 Å². The fraction of sp³-hybridized carbons (Fsp3) is 0.474. The molecule has 52 heavy (non-hydrogen) atoms. The smallest absolute Gasteiger partial charge is 0.286 e. The van der Waals surface area contributed by atoms with Gasteiger partial charge >= 0.3 is 0 Å². The number of hydrogen-bond acceptors (Lipinski definition) is 10. The second-order valence-electron chi connectivity index (χ2n) is 13.5. The van der Waals surface area contributed by atoms with Crippen molar-refractivity contribution in [2.24, 2.45) is 32.8 Å². The number of carbonyl (C=O) groups excluding carboxylic acids is 3. The van der Waals surface area contributed by atoms with E-state index in [-0.39, 0.29) is 29.4 Å². The highest BCUT2D eigenvalue weighted by Gasteiger charge is 2.33. The fourth-order valence-corrected chi connectivity index (χ4v) is 8.96. The first-order valence-electron chi connectivity index (χ1n) is 17.6. The van der Waals surface area contributed by atoms with E-state index in [1.54, 1.807) is 25.1 Å². The molecule has 1 unspecified atom stereocenters. The Bertz CT molecular complexity index is 1850. The van der Waals surface area contributed by atoms with Gasteiger partial charge in [-0.25, -0.2) is 4.21 Å². The summed E-state index contributed by atoms with van der Waals surface area (Å²) in [5.41, 5.74) is 8.98. The number of nitrogens with one attached hydrogen (secondary N) is 1. The summed E-state index contributed by atoms with van der Waals surface area (Å²) >= 11 is 6.45. The molecule has 3 N–H and O–H groups in total. The van der Waals surface area contributed by atoms with Crippen molar-refractivity contribution >= 4 is 51.5 Å². The van der Waals surface area contributed by atoms with Crippen LogP contribution >= 0.6 is 11.6 Å². The van der Waals surface area contributed by atoms with Crippen LogP contribution in [0.25, 0.3) is 0 Å². The molecular weight excluding hydrogens is 706 g/mol. The molecule has 5 atom stereocenters. The van der Waals surface area contributed by atoms with Crippen molar-refractivity contribution in [3.8, 4) is 5.75 Å². The van der Waals surface area contributed by atoms with Crippen LogP contribution in [-0.4, -0.2) is 74.3 Å². The highest BCUT2D eigenvalue weighted by atomic mass is 35.5. The summed E-state index contributed by atoms with van der Waals surface area (Å²) in [6.45, 7) is 3.37. The van der Waals surface area contributed by atoms with E-state index in [1.165, 1.54) is 25.9 Å². The van der Waals surface area contributed by atoms with Crippen molar-refractivity contribution in [2.75, 3.05) is 44.6 Å². The Balaban J connectivity index is 1.64. The van der Waals surface area contributed by atoms with Gasteiger partial charge in [-0.1, -0.05) is 36.7 Å². The van der Waals surface area contributed by atoms with Crippen LogP contribution in [0, 0.1) is 17.8 Å². The zero-order chi connectivity index (χ0) is 37.3. The number of fused-ring (bicyclic) bond motifs is 3. The van der Waals surface area contributed by atoms with Crippen LogP contribution in [0.2, 0.25) is 5.02 Å². The van der Waals surface area contributed by atoms with Gasteiger partial charge in [0.15, 0.2) is 5.88 Å². The molecule has 280 valence electrons. The number of rotatable bonds is 7. The van der Waals surface area contributed by atoms with E-state index in [9.17, 15) is 18.6 Å². The van der Waals surface area contributed by atoms with E-state index in [4.69, 9.17) is 31.5 Å². The number of methoxy groups -OCH3 is 1. The van der Waals surface area contributed by atoms with Crippen LogP contribution < -0.4 is 20.1 Å². The number of aryl methyl sites for hydroxylation is 1. The van der Waals surface area contributed by atoms with Gasteiger partial charge in [0.2, 0.25) is 0 Å². The Hall–Kier alpha value is -4.20. The number of halogens is 1. The normalized spacial score (nSPS) is 26.5. The maximum Gasteiger partial charge on any atom is 0.286 e. The number of allylic oxidation sites excluding steroid dienone is 1. The molecule has 1 aliphatic carbocycles. The number of amides is 2.